The van der Waals surface area contributed by atoms with E-state index in [1.54, 1.807) is 24.4 Å². The van der Waals surface area contributed by atoms with Gasteiger partial charge >= 0.3 is 5.97 Å². The van der Waals surface area contributed by atoms with Crippen molar-refractivity contribution >= 4 is 38.5 Å². The summed E-state index contributed by atoms with van der Waals surface area (Å²) in [7, 11) is -2.41. The fourth-order valence-corrected chi connectivity index (χ4v) is 4.10. The molecule has 0 aliphatic heterocycles. The first kappa shape index (κ1) is 19.8. The lowest BCUT2D eigenvalue weighted by Crippen LogP contribution is -2.38. The Hall–Kier alpha value is -2.94. The fourth-order valence-electron chi connectivity index (χ4n) is 2.95. The number of carbonyl (C=O) groups is 2. The van der Waals surface area contributed by atoms with E-state index in [2.05, 4.69) is 14.4 Å². The van der Waals surface area contributed by atoms with Gasteiger partial charge in [0.25, 0.3) is 0 Å². The number of methoxy groups -OCH3 is 1. The fraction of sp³-hybridized carbons (Fsp3) is 0.150. The molecule has 1 aromatic heterocycles. The number of fused-ring (bicyclic) bond motifs is 1. The molecule has 28 heavy (non-hydrogen) atoms. The number of aromatic amines is 1. The third-order valence-electron chi connectivity index (χ3n) is 4.20. The number of rotatable bonds is 7. The summed E-state index contributed by atoms with van der Waals surface area (Å²) in [5, 5.41) is 2.04. The standard InChI is InChI=1S/C20H20N2O5S/c1-27-20(24)15-6-4-5-14(9-15)13-28(25,26)22-17(12-23)10-16-11-21-19-8-3-2-7-18(16)19/h2-9,11-13,17,21H,10H2,1H3,(H2,22,25,26)/t17-/m1/s1. The molecule has 0 radical (unpaired) electrons. The number of para-hydroxylation sites is 1. The Morgan fingerprint density at radius 2 is 2.07 bits per heavy atom. The quantitative estimate of drug-likeness (QED) is 0.320. The summed E-state index contributed by atoms with van der Waals surface area (Å²) in [6.07, 6.45) is 2.64. The normalized spacial score (nSPS) is 14.2. The predicted molar refractivity (Wildman–Crippen MR) is 109 cm³/mol. The van der Waals surface area contributed by atoms with Gasteiger partial charge in [-0.1, -0.05) is 30.3 Å². The van der Waals surface area contributed by atoms with Gasteiger partial charge in [-0.15, -0.1) is 0 Å². The minimum Gasteiger partial charge on any atom is -0.465 e. The number of aldehydes is 1. The predicted octanol–water partition coefficient (Wildman–Crippen LogP) is 2.18. The molecule has 2 aromatic carbocycles. The van der Waals surface area contributed by atoms with Crippen molar-refractivity contribution in [2.24, 2.45) is 0 Å². The Morgan fingerprint density at radius 3 is 2.82 bits per heavy atom. The summed E-state index contributed by atoms with van der Waals surface area (Å²) < 4.78 is 30.0. The summed E-state index contributed by atoms with van der Waals surface area (Å²) in [5.74, 6) is -0.544. The van der Waals surface area contributed by atoms with E-state index in [0.717, 1.165) is 21.8 Å². The van der Waals surface area contributed by atoms with E-state index in [-0.39, 0.29) is 12.0 Å². The largest absolute Gasteiger partial charge is 0.465 e. The van der Waals surface area contributed by atoms with Crippen molar-refractivity contribution in [1.29, 1.82) is 0 Å². The van der Waals surface area contributed by atoms with Crippen LogP contribution in [-0.4, -0.2) is 44.5 Å². The number of ether oxygens (including phenoxy) is 1. The molecule has 0 fully saturated rings. The lowest BCUT2D eigenvalue weighted by atomic mass is 10.1. The molecule has 1 unspecified atom stereocenters. The number of aromatic nitrogens is 1. The first-order chi connectivity index (χ1) is 13.4. The van der Waals surface area contributed by atoms with E-state index in [4.69, 9.17) is 0 Å². The van der Waals surface area contributed by atoms with Gasteiger partial charge in [0.1, 0.15) is 16.3 Å². The first-order valence-corrected chi connectivity index (χ1v) is 10.1. The van der Waals surface area contributed by atoms with Crippen LogP contribution >= 0.6 is 0 Å². The van der Waals surface area contributed by atoms with Gasteiger partial charge in [0, 0.05) is 22.5 Å². The Labute approximate surface area is 162 Å². The van der Waals surface area contributed by atoms with Gasteiger partial charge in [-0.3, -0.25) is 0 Å². The van der Waals surface area contributed by atoms with Crippen LogP contribution in [0.15, 0.2) is 54.7 Å². The second-order valence-corrected chi connectivity index (χ2v) is 7.84. The highest BCUT2D eigenvalue weighted by molar-refractivity contribution is 7.94. The molecule has 146 valence electrons. The molecule has 3 rings (SSSR count). The highest BCUT2D eigenvalue weighted by atomic mass is 32.2. The van der Waals surface area contributed by atoms with Crippen LogP contribution in [0, 0.1) is 0 Å². The minimum atomic E-state index is -3.67. The second kappa shape index (κ2) is 8.39. The number of H-pyrrole nitrogens is 1. The van der Waals surface area contributed by atoms with E-state index in [1.165, 1.54) is 13.2 Å². The molecule has 0 aliphatic carbocycles. The zero-order valence-corrected chi connectivity index (χ0v) is 15.9. The Morgan fingerprint density at radius 1 is 1.29 bits per heavy atom. The number of benzene rings is 2. The molecule has 1 heterocycles. The number of nitrogens with one attached hydrogen (secondary N) is 2. The molecular weight excluding hydrogens is 380 g/mol. The van der Waals surface area contributed by atoms with Gasteiger partial charge in [-0.05, 0) is 35.7 Å². The average Bonchev–Trinajstić information content (AvgIpc) is 3.09. The van der Waals surface area contributed by atoms with Gasteiger partial charge in [0.15, 0.2) is 0 Å². The topological polar surface area (TPSA) is 108 Å². The van der Waals surface area contributed by atoms with Crippen molar-refractivity contribution in [3.63, 3.8) is 0 Å². The number of esters is 1. The molecule has 3 N–H and O–H groups in total. The lowest BCUT2D eigenvalue weighted by Gasteiger charge is -2.13. The van der Waals surface area contributed by atoms with Gasteiger partial charge in [-0.25, -0.2) is 13.7 Å². The molecule has 7 nitrogen and oxygen atoms in total. The lowest BCUT2D eigenvalue weighted by molar-refractivity contribution is -0.109. The van der Waals surface area contributed by atoms with E-state index >= 15 is 0 Å². The molecule has 0 bridgehead atoms. The molecule has 2 atom stereocenters. The number of carbonyl (C=O) groups excluding carboxylic acids is 2. The SMILES string of the molecule is COC(=O)c1cccc(C=S(=O)(O)N[C@@H](C=O)Cc2c[nH]c3ccccc23)c1. The van der Waals surface area contributed by atoms with Gasteiger partial charge in [0.05, 0.1) is 18.7 Å². The van der Waals surface area contributed by atoms with Crippen molar-refractivity contribution in [1.82, 2.24) is 9.71 Å². The van der Waals surface area contributed by atoms with Gasteiger partial charge in [0.2, 0.25) is 0 Å². The van der Waals surface area contributed by atoms with Crippen LogP contribution in [0.1, 0.15) is 21.5 Å². The summed E-state index contributed by atoms with van der Waals surface area (Å²) in [6.45, 7) is 0. The van der Waals surface area contributed by atoms with Crippen molar-refractivity contribution in [3.8, 4) is 0 Å². The molecule has 0 saturated carbocycles. The zero-order valence-electron chi connectivity index (χ0n) is 15.1. The first-order valence-electron chi connectivity index (χ1n) is 8.49. The maximum absolute atomic E-state index is 12.6. The Bertz CT molecular complexity index is 1130. The van der Waals surface area contributed by atoms with Crippen molar-refractivity contribution in [3.05, 3.63) is 71.4 Å². The van der Waals surface area contributed by atoms with Gasteiger partial charge in [-0.2, -0.15) is 0 Å². The second-order valence-electron chi connectivity index (χ2n) is 6.23. The van der Waals surface area contributed by atoms with E-state index in [1.807, 2.05) is 24.3 Å². The summed E-state index contributed by atoms with van der Waals surface area (Å²) in [6, 6.07) is 12.9. The van der Waals surface area contributed by atoms with E-state index in [0.29, 0.717) is 11.8 Å². The number of hydrogen-bond donors (Lipinski definition) is 3. The average molecular weight is 400 g/mol. The highest BCUT2D eigenvalue weighted by Gasteiger charge is 2.16. The van der Waals surface area contributed by atoms with Crippen molar-refractivity contribution in [2.75, 3.05) is 7.11 Å². The van der Waals surface area contributed by atoms with Crippen LogP contribution in [0.3, 0.4) is 0 Å². The van der Waals surface area contributed by atoms with Gasteiger partial charge < -0.3 is 19.1 Å². The highest BCUT2D eigenvalue weighted by Crippen LogP contribution is 2.19. The summed E-state index contributed by atoms with van der Waals surface area (Å²) in [4.78, 5) is 26.2. The number of hydrogen-bond acceptors (Lipinski definition) is 4. The van der Waals surface area contributed by atoms with Crippen LogP contribution in [0.5, 0.6) is 0 Å². The van der Waals surface area contributed by atoms with Crippen LogP contribution in [-0.2, 0) is 25.9 Å². The molecule has 0 saturated heterocycles. The Balaban J connectivity index is 1.81. The smallest absolute Gasteiger partial charge is 0.337 e. The third kappa shape index (κ3) is 4.66. The zero-order chi connectivity index (χ0) is 20.1. The van der Waals surface area contributed by atoms with Crippen LogP contribution in [0.25, 0.3) is 10.9 Å². The minimum absolute atomic E-state index is 0.251. The third-order valence-corrected chi connectivity index (χ3v) is 5.43. The summed E-state index contributed by atoms with van der Waals surface area (Å²) >= 11 is 0. The molecule has 8 heteroatoms. The molecule has 0 aliphatic rings. The van der Waals surface area contributed by atoms with Crippen LogP contribution < -0.4 is 4.72 Å². The molecule has 3 aromatic rings. The summed E-state index contributed by atoms with van der Waals surface area (Å²) in [5.41, 5.74) is 2.41. The Kier molecular flexibility index (Phi) is 5.93. The van der Waals surface area contributed by atoms with E-state index in [9.17, 15) is 18.4 Å². The van der Waals surface area contributed by atoms with Crippen molar-refractivity contribution < 1.29 is 23.1 Å². The van der Waals surface area contributed by atoms with Crippen LogP contribution in [0.4, 0.5) is 0 Å². The van der Waals surface area contributed by atoms with Crippen LogP contribution in [0.2, 0.25) is 0 Å². The monoisotopic (exact) mass is 400 g/mol. The molecule has 0 amide bonds. The van der Waals surface area contributed by atoms with Crippen molar-refractivity contribution in [2.45, 2.75) is 12.5 Å². The molecular formula is C20H20N2O5S. The van der Waals surface area contributed by atoms with E-state index < -0.39 is 22.0 Å². The molecule has 0 spiro atoms. The maximum atomic E-state index is 12.6. The maximum Gasteiger partial charge on any atom is 0.337 e.